The molecule has 0 spiro atoms. The molecular weight excluding hydrogens is 460 g/mol. The molecule has 194 valence electrons. The fraction of sp³-hybridized carbons (Fsp3) is 0.483. The van der Waals surface area contributed by atoms with Crippen molar-refractivity contribution >= 4 is 17.2 Å². The summed E-state index contributed by atoms with van der Waals surface area (Å²) in [5.41, 5.74) is 7.27. The van der Waals surface area contributed by atoms with E-state index in [0.717, 1.165) is 24.1 Å². The van der Waals surface area contributed by atoms with Crippen LogP contribution in [0.15, 0.2) is 42.0 Å². The van der Waals surface area contributed by atoms with E-state index in [4.69, 9.17) is 0 Å². The molecule has 2 aliphatic rings. The van der Waals surface area contributed by atoms with Gasteiger partial charge < -0.3 is 15.7 Å². The SMILES string of the molecule is Cc1c(NCCNCCCF)ccc(F)c1[C@@H]1C2=C(C[C@@H](C)N1C[C@H](C)C(=O)O)c1ccccc1C2. The molecule has 0 fully saturated rings. The van der Waals surface area contributed by atoms with Gasteiger partial charge in [0.2, 0.25) is 0 Å². The number of nitrogens with one attached hydrogen (secondary N) is 2. The van der Waals surface area contributed by atoms with E-state index in [2.05, 4.69) is 34.6 Å². The van der Waals surface area contributed by atoms with E-state index in [1.165, 1.54) is 28.3 Å². The van der Waals surface area contributed by atoms with Gasteiger partial charge in [-0.05, 0) is 79.6 Å². The van der Waals surface area contributed by atoms with Crippen molar-refractivity contribution in [3.8, 4) is 0 Å². The molecular formula is C29H37F2N3O2. The summed E-state index contributed by atoms with van der Waals surface area (Å²) in [6.45, 7) is 7.74. The summed E-state index contributed by atoms with van der Waals surface area (Å²) in [4.78, 5) is 14.0. The Morgan fingerprint density at radius 2 is 1.97 bits per heavy atom. The Hall–Kier alpha value is -2.77. The number of rotatable bonds is 11. The van der Waals surface area contributed by atoms with Crippen LogP contribution in [0, 0.1) is 18.7 Å². The van der Waals surface area contributed by atoms with Crippen LogP contribution in [-0.4, -0.2) is 54.9 Å². The minimum Gasteiger partial charge on any atom is -0.481 e. The number of hydrogen-bond donors (Lipinski definition) is 3. The van der Waals surface area contributed by atoms with Crippen molar-refractivity contribution in [3.05, 3.63) is 70.0 Å². The average Bonchev–Trinajstić information content (AvgIpc) is 3.22. The second-order valence-electron chi connectivity index (χ2n) is 10.1. The smallest absolute Gasteiger partial charge is 0.307 e. The van der Waals surface area contributed by atoms with Gasteiger partial charge in [-0.3, -0.25) is 14.1 Å². The number of anilines is 1. The minimum absolute atomic E-state index is 0.0665. The van der Waals surface area contributed by atoms with Crippen molar-refractivity contribution in [2.24, 2.45) is 5.92 Å². The van der Waals surface area contributed by atoms with Crippen molar-refractivity contribution in [1.29, 1.82) is 0 Å². The highest BCUT2D eigenvalue weighted by Crippen LogP contribution is 2.50. The third-order valence-corrected chi connectivity index (χ3v) is 7.58. The fourth-order valence-electron chi connectivity index (χ4n) is 5.67. The van der Waals surface area contributed by atoms with Gasteiger partial charge in [-0.25, -0.2) is 4.39 Å². The van der Waals surface area contributed by atoms with E-state index < -0.39 is 11.9 Å². The van der Waals surface area contributed by atoms with Gasteiger partial charge in [0.25, 0.3) is 0 Å². The lowest BCUT2D eigenvalue weighted by Crippen LogP contribution is -2.45. The predicted molar refractivity (Wildman–Crippen MR) is 140 cm³/mol. The first kappa shape index (κ1) is 26.3. The summed E-state index contributed by atoms with van der Waals surface area (Å²) in [6.07, 6.45) is 2.05. The van der Waals surface area contributed by atoms with Crippen molar-refractivity contribution < 1.29 is 18.7 Å². The maximum atomic E-state index is 15.7. The molecule has 3 atom stereocenters. The van der Waals surface area contributed by atoms with Crippen LogP contribution in [0.25, 0.3) is 5.57 Å². The Labute approximate surface area is 212 Å². The number of carboxylic acids is 1. The molecule has 0 unspecified atom stereocenters. The lowest BCUT2D eigenvalue weighted by Gasteiger charge is -2.43. The standard InChI is InChI=1S/C29H37F2N3O2/c1-18(29(35)36)17-34-19(2)15-23-22-8-5-4-7-21(22)16-24(23)28(34)27-20(3)26(10-9-25(27)31)33-14-13-32-12-6-11-30/h4-5,7-10,18-19,28,32-33H,6,11-17H2,1-3H3,(H,35,36)/t18-,19+,28-/m0/s1. The van der Waals surface area contributed by atoms with E-state index in [1.807, 2.05) is 19.1 Å². The molecule has 0 bridgehead atoms. The molecule has 1 heterocycles. The highest BCUT2D eigenvalue weighted by Gasteiger charge is 2.41. The van der Waals surface area contributed by atoms with Gasteiger partial charge in [-0.1, -0.05) is 31.2 Å². The third kappa shape index (κ3) is 5.32. The van der Waals surface area contributed by atoms with Crippen LogP contribution in [0.5, 0.6) is 0 Å². The highest BCUT2D eigenvalue weighted by molar-refractivity contribution is 5.79. The van der Waals surface area contributed by atoms with Crippen LogP contribution in [-0.2, 0) is 11.2 Å². The molecule has 0 saturated carbocycles. The van der Waals surface area contributed by atoms with Crippen molar-refractivity contribution in [2.45, 2.75) is 52.1 Å². The van der Waals surface area contributed by atoms with Gasteiger partial charge in [-0.2, -0.15) is 0 Å². The summed E-state index contributed by atoms with van der Waals surface area (Å²) < 4.78 is 28.0. The van der Waals surface area contributed by atoms with Gasteiger partial charge in [0, 0.05) is 36.9 Å². The van der Waals surface area contributed by atoms with Gasteiger partial charge in [0.1, 0.15) is 5.82 Å². The topological polar surface area (TPSA) is 64.6 Å². The zero-order chi connectivity index (χ0) is 25.8. The molecule has 0 radical (unpaired) electrons. The Balaban J connectivity index is 1.71. The third-order valence-electron chi connectivity index (χ3n) is 7.58. The summed E-state index contributed by atoms with van der Waals surface area (Å²) in [5, 5.41) is 16.3. The number of alkyl halides is 1. The van der Waals surface area contributed by atoms with Crippen LogP contribution >= 0.6 is 0 Å². The molecule has 1 aliphatic heterocycles. The molecule has 2 aromatic carbocycles. The number of carbonyl (C=O) groups is 1. The number of benzene rings is 2. The molecule has 0 saturated heterocycles. The van der Waals surface area contributed by atoms with Gasteiger partial charge in [0.15, 0.2) is 0 Å². The first-order valence-corrected chi connectivity index (χ1v) is 12.9. The summed E-state index contributed by atoms with van der Waals surface area (Å²) in [7, 11) is 0. The molecule has 5 nitrogen and oxygen atoms in total. The van der Waals surface area contributed by atoms with E-state index in [0.29, 0.717) is 38.2 Å². The van der Waals surface area contributed by atoms with Crippen LogP contribution in [0.2, 0.25) is 0 Å². The number of hydrogen-bond acceptors (Lipinski definition) is 4. The monoisotopic (exact) mass is 497 g/mol. The van der Waals surface area contributed by atoms with Crippen LogP contribution < -0.4 is 10.6 Å². The number of halogens is 2. The largest absolute Gasteiger partial charge is 0.481 e. The lowest BCUT2D eigenvalue weighted by molar-refractivity contribution is -0.142. The van der Waals surface area contributed by atoms with E-state index >= 15 is 4.39 Å². The minimum atomic E-state index is -0.844. The Kier molecular flexibility index (Phi) is 8.42. The normalized spacial score (nSPS) is 20.2. The van der Waals surface area contributed by atoms with E-state index in [-0.39, 0.29) is 24.6 Å². The first-order valence-electron chi connectivity index (χ1n) is 12.9. The van der Waals surface area contributed by atoms with E-state index in [9.17, 15) is 14.3 Å². The van der Waals surface area contributed by atoms with Crippen LogP contribution in [0.1, 0.15) is 55.0 Å². The summed E-state index contributed by atoms with van der Waals surface area (Å²) in [5.74, 6) is -1.68. The zero-order valence-corrected chi connectivity index (χ0v) is 21.4. The molecule has 2 aromatic rings. The van der Waals surface area contributed by atoms with Crippen molar-refractivity contribution in [1.82, 2.24) is 10.2 Å². The maximum absolute atomic E-state index is 15.7. The van der Waals surface area contributed by atoms with Gasteiger partial charge >= 0.3 is 5.97 Å². The molecule has 0 aromatic heterocycles. The lowest BCUT2D eigenvalue weighted by atomic mass is 9.82. The van der Waals surface area contributed by atoms with Crippen LogP contribution in [0.4, 0.5) is 14.5 Å². The average molecular weight is 498 g/mol. The summed E-state index contributed by atoms with van der Waals surface area (Å²) >= 11 is 0. The first-order chi connectivity index (χ1) is 17.3. The predicted octanol–water partition coefficient (Wildman–Crippen LogP) is 5.36. The number of aliphatic carboxylic acids is 1. The van der Waals surface area contributed by atoms with E-state index in [1.54, 1.807) is 13.0 Å². The Bertz CT molecular complexity index is 1130. The number of nitrogens with zero attached hydrogens (tertiary/aromatic N) is 1. The quantitative estimate of drug-likeness (QED) is 0.365. The second kappa shape index (κ2) is 11.5. The molecule has 36 heavy (non-hydrogen) atoms. The maximum Gasteiger partial charge on any atom is 0.307 e. The fourth-order valence-corrected chi connectivity index (χ4v) is 5.67. The zero-order valence-electron chi connectivity index (χ0n) is 21.4. The second-order valence-corrected chi connectivity index (χ2v) is 10.1. The molecule has 1 aliphatic carbocycles. The Morgan fingerprint density at radius 3 is 2.72 bits per heavy atom. The van der Waals surface area contributed by atoms with Gasteiger partial charge in [-0.15, -0.1) is 0 Å². The number of carboxylic acid groups (broad SMARTS) is 1. The highest BCUT2D eigenvalue weighted by atomic mass is 19.1. The summed E-state index contributed by atoms with van der Waals surface area (Å²) in [6, 6.07) is 11.4. The molecule has 3 N–H and O–H groups in total. The number of fused-ring (bicyclic) bond motifs is 2. The molecule has 4 rings (SSSR count). The molecule has 7 heteroatoms. The van der Waals surface area contributed by atoms with Gasteiger partial charge in [0.05, 0.1) is 18.6 Å². The van der Waals surface area contributed by atoms with Crippen molar-refractivity contribution in [2.75, 3.05) is 38.2 Å². The Morgan fingerprint density at radius 1 is 1.19 bits per heavy atom. The van der Waals surface area contributed by atoms with Crippen molar-refractivity contribution in [3.63, 3.8) is 0 Å². The van der Waals surface area contributed by atoms with Crippen LogP contribution in [0.3, 0.4) is 0 Å². The molecule has 0 amide bonds.